The molecule has 13 heteroatoms. The number of nitrogens with zero attached hydrogens (tertiary/aromatic N) is 7. The highest BCUT2D eigenvalue weighted by Gasteiger charge is 2.50. The van der Waals surface area contributed by atoms with Gasteiger partial charge in [0.1, 0.15) is 5.52 Å². The van der Waals surface area contributed by atoms with Crippen molar-refractivity contribution >= 4 is 11.4 Å². The molecule has 0 aromatic carbocycles. The van der Waals surface area contributed by atoms with Crippen LogP contribution in [-0.4, -0.2) is 83.2 Å². The van der Waals surface area contributed by atoms with Gasteiger partial charge in [-0.25, -0.2) is 4.52 Å². The van der Waals surface area contributed by atoms with E-state index in [1.807, 2.05) is 0 Å². The van der Waals surface area contributed by atoms with Gasteiger partial charge in [-0.15, -0.1) is 10.2 Å². The predicted molar refractivity (Wildman–Crippen MR) is 96.3 cm³/mol. The van der Waals surface area contributed by atoms with Crippen molar-refractivity contribution in [2.45, 2.75) is 31.6 Å². The minimum Gasteiger partial charge on any atom is -0.334 e. The molecule has 0 aliphatic carbocycles. The van der Waals surface area contributed by atoms with Gasteiger partial charge in [0.15, 0.2) is 5.69 Å². The van der Waals surface area contributed by atoms with Crippen LogP contribution in [0.15, 0.2) is 23.1 Å². The van der Waals surface area contributed by atoms with Gasteiger partial charge in [0, 0.05) is 31.4 Å². The van der Waals surface area contributed by atoms with E-state index in [9.17, 15) is 22.8 Å². The zero-order valence-electron chi connectivity index (χ0n) is 15.8. The first-order valence-electron chi connectivity index (χ1n) is 9.33. The number of H-pyrrole nitrogens is 1. The maximum Gasteiger partial charge on any atom is 0.401 e. The van der Waals surface area contributed by atoms with Gasteiger partial charge in [0.25, 0.3) is 17.4 Å². The summed E-state index contributed by atoms with van der Waals surface area (Å²) in [5, 5.41) is 12.1. The molecule has 1 N–H and O–H groups in total. The Hall–Kier alpha value is -3.22. The first-order chi connectivity index (χ1) is 14.2. The second-order valence-electron chi connectivity index (χ2n) is 7.59. The van der Waals surface area contributed by atoms with Gasteiger partial charge in [-0.1, -0.05) is 5.21 Å². The summed E-state index contributed by atoms with van der Waals surface area (Å²) < 4.78 is 40.8. The van der Waals surface area contributed by atoms with E-state index in [4.69, 9.17) is 0 Å². The monoisotopic (exact) mass is 422 g/mol. The number of piperazine rings is 1. The van der Waals surface area contributed by atoms with Crippen LogP contribution in [0.3, 0.4) is 0 Å². The Morgan fingerprint density at radius 2 is 2.03 bits per heavy atom. The Morgan fingerprint density at radius 3 is 2.73 bits per heavy atom. The molecule has 3 saturated heterocycles. The highest BCUT2D eigenvalue weighted by atomic mass is 19.4. The third-order valence-corrected chi connectivity index (χ3v) is 5.68. The minimum absolute atomic E-state index is 0.0777. The van der Waals surface area contributed by atoms with E-state index in [2.05, 4.69) is 20.4 Å². The van der Waals surface area contributed by atoms with Crippen LogP contribution in [0.2, 0.25) is 0 Å². The lowest BCUT2D eigenvalue weighted by molar-refractivity contribution is -0.184. The first-order valence-corrected chi connectivity index (χ1v) is 9.33. The van der Waals surface area contributed by atoms with Crippen molar-refractivity contribution in [3.8, 4) is 5.95 Å². The maximum absolute atomic E-state index is 12.9. The normalized spacial score (nSPS) is 21.8. The number of carbonyl (C=O) groups is 1. The van der Waals surface area contributed by atoms with Crippen molar-refractivity contribution in [1.29, 1.82) is 0 Å². The van der Waals surface area contributed by atoms with Gasteiger partial charge in [-0.2, -0.15) is 17.9 Å². The van der Waals surface area contributed by atoms with E-state index < -0.39 is 18.6 Å². The Balaban J connectivity index is 1.37. The molecule has 30 heavy (non-hydrogen) atoms. The maximum atomic E-state index is 12.9. The van der Waals surface area contributed by atoms with Crippen molar-refractivity contribution in [3.63, 3.8) is 0 Å². The molecule has 3 aromatic rings. The SMILES string of the molecule is Cc1c(C(=O)N2CC3CC(C2)N3CC(F)(F)F)nnn1-c1nn2cccc2c(=O)[nH]1. The van der Waals surface area contributed by atoms with Crippen molar-refractivity contribution in [1.82, 2.24) is 39.4 Å². The Labute approximate surface area is 166 Å². The average Bonchev–Trinajstić information content (AvgIpc) is 3.32. The molecule has 10 nitrogen and oxygen atoms in total. The number of fused-ring (bicyclic) bond motifs is 3. The number of nitrogens with one attached hydrogen (secondary N) is 1. The summed E-state index contributed by atoms with van der Waals surface area (Å²) in [5.41, 5.74) is 0.451. The fourth-order valence-electron chi connectivity index (χ4n) is 4.22. The van der Waals surface area contributed by atoms with Crippen LogP contribution in [0.5, 0.6) is 0 Å². The molecule has 2 bridgehead atoms. The van der Waals surface area contributed by atoms with Gasteiger partial charge in [-0.05, 0) is 25.5 Å². The highest BCUT2D eigenvalue weighted by Crippen LogP contribution is 2.35. The van der Waals surface area contributed by atoms with E-state index in [0.717, 1.165) is 0 Å². The standard InChI is InChI=1S/C17H17F3N8O2/c1-9-13(15(30)25-6-10-5-11(7-25)26(10)8-17(18,19)20)22-24-28(9)16-21-14(29)12-3-2-4-27(12)23-16/h2-4,10-11H,5-8H2,1H3,(H,21,23,29). The molecule has 0 saturated carbocycles. The lowest BCUT2D eigenvalue weighted by Gasteiger charge is -2.56. The Bertz CT molecular complexity index is 1180. The molecule has 3 fully saturated rings. The second-order valence-corrected chi connectivity index (χ2v) is 7.59. The number of hydrogen-bond donors (Lipinski definition) is 1. The van der Waals surface area contributed by atoms with E-state index >= 15 is 0 Å². The third kappa shape index (κ3) is 2.96. The number of carbonyl (C=O) groups excluding carboxylic acids is 1. The summed E-state index contributed by atoms with van der Waals surface area (Å²) in [6.07, 6.45) is -2.00. The van der Waals surface area contributed by atoms with E-state index in [1.165, 1.54) is 19.0 Å². The molecule has 0 radical (unpaired) electrons. The highest BCUT2D eigenvalue weighted by molar-refractivity contribution is 5.93. The first kappa shape index (κ1) is 18.8. The van der Waals surface area contributed by atoms with Crippen LogP contribution >= 0.6 is 0 Å². The summed E-state index contributed by atoms with van der Waals surface area (Å²) in [4.78, 5) is 30.6. The van der Waals surface area contributed by atoms with Crippen molar-refractivity contribution in [2.24, 2.45) is 0 Å². The van der Waals surface area contributed by atoms with E-state index in [0.29, 0.717) is 17.6 Å². The van der Waals surface area contributed by atoms with Crippen LogP contribution in [0.25, 0.3) is 11.5 Å². The molecular formula is C17H17F3N8O2. The van der Waals surface area contributed by atoms with Gasteiger partial charge in [0.05, 0.1) is 12.2 Å². The zero-order chi connectivity index (χ0) is 21.2. The summed E-state index contributed by atoms with van der Waals surface area (Å²) >= 11 is 0. The van der Waals surface area contributed by atoms with Gasteiger partial charge in [0.2, 0.25) is 0 Å². The summed E-state index contributed by atoms with van der Waals surface area (Å²) in [7, 11) is 0. The van der Waals surface area contributed by atoms with Crippen molar-refractivity contribution in [2.75, 3.05) is 19.6 Å². The van der Waals surface area contributed by atoms with Crippen LogP contribution < -0.4 is 5.56 Å². The predicted octanol–water partition coefficient (Wildman–Crippen LogP) is 0.373. The lowest BCUT2D eigenvalue weighted by Crippen LogP contribution is -2.70. The van der Waals surface area contributed by atoms with Gasteiger partial charge >= 0.3 is 6.18 Å². The van der Waals surface area contributed by atoms with Gasteiger partial charge < -0.3 is 4.90 Å². The number of aromatic amines is 1. The number of rotatable bonds is 3. The second kappa shape index (κ2) is 6.39. The molecule has 1 amide bonds. The number of hydrogen-bond acceptors (Lipinski definition) is 6. The van der Waals surface area contributed by atoms with Crippen LogP contribution in [-0.2, 0) is 0 Å². The number of aromatic nitrogens is 6. The van der Waals surface area contributed by atoms with Gasteiger partial charge in [-0.3, -0.25) is 19.5 Å². The van der Waals surface area contributed by atoms with Crippen LogP contribution in [0.1, 0.15) is 22.6 Å². The fourth-order valence-corrected chi connectivity index (χ4v) is 4.22. The number of amides is 1. The Morgan fingerprint density at radius 1 is 1.30 bits per heavy atom. The molecule has 0 spiro atoms. The summed E-state index contributed by atoms with van der Waals surface area (Å²) in [6, 6.07) is 2.68. The molecule has 3 aromatic heterocycles. The number of halogens is 3. The topological polar surface area (TPSA) is 104 Å². The fraction of sp³-hybridized carbons (Fsp3) is 0.471. The summed E-state index contributed by atoms with van der Waals surface area (Å²) in [6.45, 7) is 1.08. The average molecular weight is 422 g/mol. The van der Waals surface area contributed by atoms with Crippen LogP contribution in [0, 0.1) is 6.92 Å². The third-order valence-electron chi connectivity index (χ3n) is 5.68. The number of alkyl halides is 3. The molecule has 158 valence electrons. The molecular weight excluding hydrogens is 405 g/mol. The molecule has 2 atom stereocenters. The molecule has 3 aliphatic heterocycles. The number of piperidine rings is 1. The van der Waals surface area contributed by atoms with Crippen molar-refractivity contribution < 1.29 is 18.0 Å². The largest absolute Gasteiger partial charge is 0.401 e. The molecule has 3 aliphatic rings. The molecule has 2 unspecified atom stereocenters. The molecule has 6 rings (SSSR count). The van der Waals surface area contributed by atoms with Crippen LogP contribution in [0.4, 0.5) is 13.2 Å². The quantitative estimate of drug-likeness (QED) is 0.654. The van der Waals surface area contributed by atoms with E-state index in [1.54, 1.807) is 25.3 Å². The minimum atomic E-state index is -4.26. The Kier molecular flexibility index (Phi) is 4.00. The van der Waals surface area contributed by atoms with Crippen molar-refractivity contribution in [3.05, 3.63) is 40.1 Å². The van der Waals surface area contributed by atoms with E-state index in [-0.39, 0.29) is 42.4 Å². The lowest BCUT2D eigenvalue weighted by atomic mass is 9.87. The smallest absolute Gasteiger partial charge is 0.334 e. The molecule has 6 heterocycles. The zero-order valence-corrected chi connectivity index (χ0v) is 15.8. The summed E-state index contributed by atoms with van der Waals surface area (Å²) in [5.74, 6) is -0.296.